The average Bonchev–Trinajstić information content (AvgIpc) is 2.62. The maximum Gasteiger partial charge on any atom is 0.194 e. The Labute approximate surface area is 102 Å². The van der Waals surface area contributed by atoms with E-state index in [0.717, 1.165) is 11.5 Å². The third kappa shape index (κ3) is 2.17. The van der Waals surface area contributed by atoms with E-state index in [-0.39, 0.29) is 17.5 Å². The van der Waals surface area contributed by atoms with Gasteiger partial charge in [-0.1, -0.05) is 11.4 Å². The van der Waals surface area contributed by atoms with Crippen LogP contribution < -0.4 is 0 Å². The minimum absolute atomic E-state index is 0.0414. The molecule has 1 aromatic rings. The van der Waals surface area contributed by atoms with Crippen molar-refractivity contribution in [2.24, 2.45) is 11.8 Å². The zero-order chi connectivity index (χ0) is 12.6. The maximum atomic E-state index is 12.1. The van der Waals surface area contributed by atoms with Crippen LogP contribution in [0.15, 0.2) is 0 Å². The molecule has 0 radical (unpaired) electrons. The van der Waals surface area contributed by atoms with Crippen LogP contribution in [0, 0.1) is 18.8 Å². The second-order valence-electron chi connectivity index (χ2n) is 4.43. The molecule has 1 aromatic heterocycles. The zero-order valence-corrected chi connectivity index (χ0v) is 10.4. The molecule has 1 aliphatic rings. The van der Waals surface area contributed by atoms with Gasteiger partial charge in [0.1, 0.15) is 10.8 Å². The molecule has 0 spiro atoms. The molecule has 5 nitrogen and oxygen atoms in total. The molecule has 1 saturated carbocycles. The van der Waals surface area contributed by atoms with Gasteiger partial charge in [0, 0.05) is 12.8 Å². The van der Waals surface area contributed by atoms with Crippen LogP contribution in [0.1, 0.15) is 35.1 Å². The number of rotatable bonds is 2. The molecule has 0 aliphatic heterocycles. The number of ketones is 3. The van der Waals surface area contributed by atoms with Crippen molar-refractivity contribution in [1.29, 1.82) is 0 Å². The lowest BCUT2D eigenvalue weighted by molar-refractivity contribution is -0.134. The summed E-state index contributed by atoms with van der Waals surface area (Å²) in [5.74, 6) is -2.05. The highest BCUT2D eigenvalue weighted by Gasteiger charge is 2.40. The Morgan fingerprint density at radius 2 is 1.88 bits per heavy atom. The first kappa shape index (κ1) is 12.0. The van der Waals surface area contributed by atoms with E-state index in [2.05, 4.69) is 9.59 Å². The van der Waals surface area contributed by atoms with Gasteiger partial charge < -0.3 is 0 Å². The molecule has 0 aromatic carbocycles. The van der Waals surface area contributed by atoms with E-state index in [1.54, 1.807) is 6.92 Å². The van der Waals surface area contributed by atoms with Crippen molar-refractivity contribution in [1.82, 2.24) is 9.59 Å². The molecular weight excluding hydrogens is 240 g/mol. The monoisotopic (exact) mass is 252 g/mol. The predicted octanol–water partition coefficient (Wildman–Crippen LogP) is 1.21. The largest absolute Gasteiger partial charge is 0.298 e. The number of carbonyl (C=O) groups is 3. The molecule has 0 bridgehead atoms. The Morgan fingerprint density at radius 1 is 1.29 bits per heavy atom. The Bertz CT molecular complexity index is 477. The van der Waals surface area contributed by atoms with Gasteiger partial charge in [0.2, 0.25) is 0 Å². The highest BCUT2D eigenvalue weighted by Crippen LogP contribution is 2.27. The van der Waals surface area contributed by atoms with E-state index in [4.69, 9.17) is 0 Å². The highest BCUT2D eigenvalue weighted by atomic mass is 32.1. The van der Waals surface area contributed by atoms with Crippen molar-refractivity contribution in [3.63, 3.8) is 0 Å². The first-order valence-corrected chi connectivity index (χ1v) is 6.16. The number of hydrogen-bond acceptors (Lipinski definition) is 6. The van der Waals surface area contributed by atoms with Crippen molar-refractivity contribution in [2.45, 2.75) is 26.7 Å². The highest BCUT2D eigenvalue weighted by molar-refractivity contribution is 7.08. The van der Waals surface area contributed by atoms with E-state index in [9.17, 15) is 14.4 Å². The molecular formula is C11H12N2O3S. The molecule has 1 aliphatic carbocycles. The van der Waals surface area contributed by atoms with Crippen molar-refractivity contribution in [3.05, 3.63) is 10.6 Å². The molecule has 6 heteroatoms. The van der Waals surface area contributed by atoms with Crippen LogP contribution in [-0.4, -0.2) is 26.9 Å². The molecule has 1 heterocycles. The summed E-state index contributed by atoms with van der Waals surface area (Å²) in [5.41, 5.74) is 0.485. The average molecular weight is 252 g/mol. The van der Waals surface area contributed by atoms with E-state index in [1.807, 2.05) is 6.92 Å². The third-order valence-electron chi connectivity index (χ3n) is 2.88. The van der Waals surface area contributed by atoms with E-state index >= 15 is 0 Å². The summed E-state index contributed by atoms with van der Waals surface area (Å²) in [7, 11) is 0. The SMILES string of the molecule is Cc1nnsc1C(=O)C1C(=O)CC(C)CC1=O. The maximum absolute atomic E-state index is 12.1. The fourth-order valence-electron chi connectivity index (χ4n) is 2.06. The zero-order valence-electron chi connectivity index (χ0n) is 9.60. The van der Waals surface area contributed by atoms with Crippen LogP contribution in [0.2, 0.25) is 0 Å². The van der Waals surface area contributed by atoms with Gasteiger partial charge in [-0.25, -0.2) is 0 Å². The van der Waals surface area contributed by atoms with Gasteiger partial charge in [0.15, 0.2) is 17.3 Å². The summed E-state index contributed by atoms with van der Waals surface area (Å²) in [6.45, 7) is 3.49. The fraction of sp³-hybridized carbons (Fsp3) is 0.545. The second kappa shape index (κ2) is 4.44. The van der Waals surface area contributed by atoms with Crippen LogP contribution in [0.4, 0.5) is 0 Å². The van der Waals surface area contributed by atoms with Gasteiger partial charge in [-0.2, -0.15) is 0 Å². The first-order chi connectivity index (χ1) is 8.00. The molecule has 0 amide bonds. The number of carbonyl (C=O) groups excluding carboxylic acids is 3. The molecule has 0 atom stereocenters. The van der Waals surface area contributed by atoms with E-state index in [0.29, 0.717) is 23.4 Å². The normalized spacial score (nSPS) is 25.1. The van der Waals surface area contributed by atoms with Gasteiger partial charge in [-0.05, 0) is 24.4 Å². The van der Waals surface area contributed by atoms with Crippen LogP contribution in [0.5, 0.6) is 0 Å². The van der Waals surface area contributed by atoms with E-state index in [1.165, 1.54) is 0 Å². The number of aryl methyl sites for hydroxylation is 1. The summed E-state index contributed by atoms with van der Waals surface area (Å²) >= 11 is 0.941. The van der Waals surface area contributed by atoms with Crippen molar-refractivity contribution in [3.8, 4) is 0 Å². The minimum Gasteiger partial charge on any atom is -0.298 e. The Kier molecular flexibility index (Phi) is 3.15. The smallest absolute Gasteiger partial charge is 0.194 e. The Morgan fingerprint density at radius 3 is 2.35 bits per heavy atom. The molecule has 90 valence electrons. The molecule has 2 rings (SSSR count). The summed E-state index contributed by atoms with van der Waals surface area (Å²) in [6.07, 6.45) is 0.598. The molecule has 1 fully saturated rings. The third-order valence-corrected chi connectivity index (χ3v) is 3.72. The van der Waals surface area contributed by atoms with E-state index < -0.39 is 11.7 Å². The topological polar surface area (TPSA) is 77.0 Å². The predicted molar refractivity (Wildman–Crippen MR) is 60.9 cm³/mol. The lowest BCUT2D eigenvalue weighted by atomic mass is 9.78. The number of Topliss-reactive ketones (excluding diaryl/α,β-unsaturated/α-hetero) is 3. The van der Waals surface area contributed by atoms with Gasteiger partial charge in [-0.15, -0.1) is 5.10 Å². The Hall–Kier alpha value is -1.43. The molecule has 0 unspecified atom stereocenters. The van der Waals surface area contributed by atoms with Gasteiger partial charge >= 0.3 is 0 Å². The molecule has 0 saturated heterocycles. The molecule has 17 heavy (non-hydrogen) atoms. The first-order valence-electron chi connectivity index (χ1n) is 5.39. The fourth-order valence-corrected chi connectivity index (χ4v) is 2.68. The lowest BCUT2D eigenvalue weighted by Gasteiger charge is -2.22. The van der Waals surface area contributed by atoms with Crippen LogP contribution in [0.3, 0.4) is 0 Å². The van der Waals surface area contributed by atoms with Crippen LogP contribution in [0.25, 0.3) is 0 Å². The van der Waals surface area contributed by atoms with Crippen molar-refractivity contribution < 1.29 is 14.4 Å². The number of hydrogen-bond donors (Lipinski definition) is 0. The quantitative estimate of drug-likeness (QED) is 0.584. The molecule has 0 N–H and O–H groups in total. The summed E-state index contributed by atoms with van der Waals surface area (Å²) < 4.78 is 3.65. The van der Waals surface area contributed by atoms with Gasteiger partial charge in [0.25, 0.3) is 0 Å². The van der Waals surface area contributed by atoms with Crippen LogP contribution in [-0.2, 0) is 9.59 Å². The van der Waals surface area contributed by atoms with Crippen molar-refractivity contribution in [2.75, 3.05) is 0 Å². The number of nitrogens with zero attached hydrogens (tertiary/aromatic N) is 2. The van der Waals surface area contributed by atoms with Crippen LogP contribution >= 0.6 is 11.5 Å². The second-order valence-corrected chi connectivity index (χ2v) is 5.18. The van der Waals surface area contributed by atoms with Gasteiger partial charge in [-0.3, -0.25) is 14.4 Å². The summed E-state index contributed by atoms with van der Waals surface area (Å²) in [4.78, 5) is 36.0. The Balaban J connectivity index is 2.28. The summed E-state index contributed by atoms with van der Waals surface area (Å²) in [5, 5.41) is 3.72. The van der Waals surface area contributed by atoms with Crippen molar-refractivity contribution >= 4 is 28.9 Å². The minimum atomic E-state index is -1.12. The standard InChI is InChI=1S/C11H12N2O3S/c1-5-3-7(14)9(8(15)4-5)10(16)11-6(2)12-13-17-11/h5,9H,3-4H2,1-2H3. The number of aromatic nitrogens is 2. The lowest BCUT2D eigenvalue weighted by Crippen LogP contribution is -2.38. The van der Waals surface area contributed by atoms with Gasteiger partial charge in [0.05, 0.1) is 5.69 Å². The summed E-state index contributed by atoms with van der Waals surface area (Å²) in [6, 6.07) is 0.